The van der Waals surface area contributed by atoms with Crippen molar-refractivity contribution in [2.45, 2.75) is 19.9 Å². The van der Waals surface area contributed by atoms with Gasteiger partial charge in [-0.3, -0.25) is 14.3 Å². The monoisotopic (exact) mass is 232 g/mol. The molecule has 0 saturated carbocycles. The fraction of sp³-hybridized carbons (Fsp3) is 0.556. The number of aromatic amines is 1. The highest BCUT2D eigenvalue weighted by molar-refractivity contribution is 7.99. The highest BCUT2D eigenvalue weighted by atomic mass is 32.2. The number of hydrogen-bond acceptors (Lipinski definition) is 3. The highest BCUT2D eigenvalue weighted by Gasteiger charge is 2.02. The van der Waals surface area contributed by atoms with Crippen LogP contribution in [0.4, 0.5) is 4.39 Å². The second-order valence-electron chi connectivity index (χ2n) is 2.98. The Hall–Kier alpha value is -1.04. The summed E-state index contributed by atoms with van der Waals surface area (Å²) in [6, 6.07) is 0. The summed E-state index contributed by atoms with van der Waals surface area (Å²) in [5.41, 5.74) is -1.51. The molecular weight excluding hydrogens is 219 g/mol. The first-order chi connectivity index (χ1) is 7.15. The van der Waals surface area contributed by atoms with Crippen LogP contribution in [0.2, 0.25) is 0 Å². The average Bonchev–Trinajstić information content (AvgIpc) is 2.20. The minimum absolute atomic E-state index is 0.430. The predicted octanol–water partition coefficient (Wildman–Crippen LogP) is 0.819. The molecule has 0 atom stereocenters. The van der Waals surface area contributed by atoms with E-state index in [0.29, 0.717) is 6.54 Å². The van der Waals surface area contributed by atoms with Crippen LogP contribution in [0, 0.1) is 5.82 Å². The summed E-state index contributed by atoms with van der Waals surface area (Å²) in [4.78, 5) is 23.8. The number of aromatic nitrogens is 2. The maximum absolute atomic E-state index is 12.8. The Kier molecular flexibility index (Phi) is 4.61. The van der Waals surface area contributed by atoms with E-state index in [4.69, 9.17) is 0 Å². The van der Waals surface area contributed by atoms with Crippen molar-refractivity contribution in [2.75, 3.05) is 11.5 Å². The van der Waals surface area contributed by atoms with Crippen molar-refractivity contribution in [3.8, 4) is 0 Å². The van der Waals surface area contributed by atoms with Crippen LogP contribution >= 0.6 is 11.8 Å². The summed E-state index contributed by atoms with van der Waals surface area (Å²) in [7, 11) is 0. The Bertz CT molecular complexity index is 427. The van der Waals surface area contributed by atoms with Gasteiger partial charge >= 0.3 is 5.69 Å². The van der Waals surface area contributed by atoms with Crippen molar-refractivity contribution < 1.29 is 4.39 Å². The summed E-state index contributed by atoms with van der Waals surface area (Å²) in [6.45, 7) is 2.48. The van der Waals surface area contributed by atoms with Gasteiger partial charge in [0.2, 0.25) is 5.82 Å². The summed E-state index contributed by atoms with van der Waals surface area (Å²) >= 11 is 1.76. The number of nitrogens with zero attached hydrogens (tertiary/aromatic N) is 1. The Morgan fingerprint density at radius 3 is 2.93 bits per heavy atom. The second kappa shape index (κ2) is 5.75. The Balaban J connectivity index is 2.66. The van der Waals surface area contributed by atoms with Crippen LogP contribution in [0.25, 0.3) is 0 Å². The summed E-state index contributed by atoms with van der Waals surface area (Å²) in [6.07, 6.45) is 1.74. The van der Waals surface area contributed by atoms with E-state index in [0.717, 1.165) is 24.1 Å². The topological polar surface area (TPSA) is 54.9 Å². The molecule has 15 heavy (non-hydrogen) atoms. The summed E-state index contributed by atoms with van der Waals surface area (Å²) in [5.74, 6) is 1.02. The summed E-state index contributed by atoms with van der Waals surface area (Å²) < 4.78 is 14.0. The molecule has 0 unspecified atom stereocenters. The maximum Gasteiger partial charge on any atom is 0.328 e. The SMILES string of the molecule is CCSCCCn1cc(F)c(=O)[nH]c1=O. The zero-order valence-corrected chi connectivity index (χ0v) is 9.27. The lowest BCUT2D eigenvalue weighted by Gasteiger charge is -2.03. The van der Waals surface area contributed by atoms with Gasteiger partial charge in [0.15, 0.2) is 0 Å². The van der Waals surface area contributed by atoms with Gasteiger partial charge in [-0.2, -0.15) is 16.2 Å². The fourth-order valence-electron chi connectivity index (χ4n) is 1.13. The maximum atomic E-state index is 12.8. The van der Waals surface area contributed by atoms with Gasteiger partial charge in [-0.25, -0.2) is 4.79 Å². The number of halogens is 1. The third-order valence-corrected chi connectivity index (χ3v) is 2.84. The fourth-order valence-corrected chi connectivity index (χ4v) is 1.75. The van der Waals surface area contributed by atoms with E-state index in [-0.39, 0.29) is 0 Å². The van der Waals surface area contributed by atoms with Gasteiger partial charge in [-0.05, 0) is 17.9 Å². The zero-order valence-electron chi connectivity index (χ0n) is 8.46. The van der Waals surface area contributed by atoms with Crippen LogP contribution in [0.15, 0.2) is 15.8 Å². The van der Waals surface area contributed by atoms with Crippen LogP contribution in [-0.2, 0) is 6.54 Å². The number of aryl methyl sites for hydroxylation is 1. The van der Waals surface area contributed by atoms with Crippen LogP contribution in [-0.4, -0.2) is 21.1 Å². The molecule has 1 rings (SSSR count). The molecule has 0 amide bonds. The van der Waals surface area contributed by atoms with Crippen molar-refractivity contribution in [3.63, 3.8) is 0 Å². The van der Waals surface area contributed by atoms with Crippen LogP contribution < -0.4 is 11.2 Å². The molecule has 6 heteroatoms. The van der Waals surface area contributed by atoms with Crippen molar-refractivity contribution in [1.82, 2.24) is 9.55 Å². The lowest BCUT2D eigenvalue weighted by molar-refractivity contribution is 0.547. The first-order valence-electron chi connectivity index (χ1n) is 4.72. The molecule has 0 fully saturated rings. The van der Waals surface area contributed by atoms with E-state index >= 15 is 0 Å². The van der Waals surface area contributed by atoms with Gasteiger partial charge in [0.05, 0.1) is 6.20 Å². The number of H-pyrrole nitrogens is 1. The van der Waals surface area contributed by atoms with Crippen molar-refractivity contribution in [2.24, 2.45) is 0 Å². The standard InChI is InChI=1S/C9H13FN2O2S/c1-2-15-5-3-4-12-6-7(10)8(13)11-9(12)14/h6H,2-5H2,1H3,(H,11,13,14). The lowest BCUT2D eigenvalue weighted by atomic mass is 10.4. The molecule has 0 saturated heterocycles. The van der Waals surface area contributed by atoms with E-state index in [9.17, 15) is 14.0 Å². The number of thioether (sulfide) groups is 1. The number of hydrogen-bond donors (Lipinski definition) is 1. The van der Waals surface area contributed by atoms with Gasteiger partial charge in [-0.15, -0.1) is 0 Å². The minimum atomic E-state index is -0.959. The molecule has 1 aromatic heterocycles. The predicted molar refractivity (Wildman–Crippen MR) is 58.9 cm³/mol. The smallest absolute Gasteiger partial charge is 0.298 e. The van der Waals surface area contributed by atoms with Crippen molar-refractivity contribution >= 4 is 11.8 Å². The largest absolute Gasteiger partial charge is 0.328 e. The van der Waals surface area contributed by atoms with E-state index < -0.39 is 17.1 Å². The van der Waals surface area contributed by atoms with Gasteiger partial charge in [-0.1, -0.05) is 6.92 Å². The molecule has 84 valence electrons. The first-order valence-corrected chi connectivity index (χ1v) is 5.87. The molecular formula is C9H13FN2O2S. The first kappa shape index (κ1) is 12.0. The molecule has 0 aliphatic rings. The van der Waals surface area contributed by atoms with Crippen LogP contribution in [0.1, 0.15) is 13.3 Å². The molecule has 0 radical (unpaired) electrons. The van der Waals surface area contributed by atoms with Crippen LogP contribution in [0.5, 0.6) is 0 Å². The van der Waals surface area contributed by atoms with Gasteiger partial charge < -0.3 is 0 Å². The number of rotatable bonds is 5. The van der Waals surface area contributed by atoms with Gasteiger partial charge in [0, 0.05) is 6.54 Å². The number of nitrogens with one attached hydrogen (secondary N) is 1. The Labute approximate surface area is 90.5 Å². The highest BCUT2D eigenvalue weighted by Crippen LogP contribution is 2.01. The quantitative estimate of drug-likeness (QED) is 0.765. The Morgan fingerprint density at radius 1 is 1.53 bits per heavy atom. The molecule has 0 aliphatic heterocycles. The molecule has 1 aromatic rings. The third-order valence-electron chi connectivity index (χ3n) is 1.86. The third kappa shape index (κ3) is 3.54. The van der Waals surface area contributed by atoms with Crippen molar-refractivity contribution in [1.29, 1.82) is 0 Å². The lowest BCUT2D eigenvalue weighted by Crippen LogP contribution is -2.31. The molecule has 0 spiro atoms. The molecule has 1 heterocycles. The molecule has 0 aliphatic carbocycles. The van der Waals surface area contributed by atoms with Gasteiger partial charge in [0.25, 0.3) is 5.56 Å². The van der Waals surface area contributed by atoms with Gasteiger partial charge in [0.1, 0.15) is 0 Å². The van der Waals surface area contributed by atoms with Crippen LogP contribution in [0.3, 0.4) is 0 Å². The normalized spacial score (nSPS) is 10.5. The zero-order chi connectivity index (χ0) is 11.3. The second-order valence-corrected chi connectivity index (χ2v) is 4.37. The Morgan fingerprint density at radius 2 is 2.27 bits per heavy atom. The molecule has 0 aromatic carbocycles. The van der Waals surface area contributed by atoms with E-state index in [1.54, 1.807) is 11.8 Å². The van der Waals surface area contributed by atoms with E-state index in [1.165, 1.54) is 4.57 Å². The molecule has 4 nitrogen and oxygen atoms in total. The minimum Gasteiger partial charge on any atom is -0.298 e. The van der Waals surface area contributed by atoms with E-state index in [1.807, 2.05) is 4.98 Å². The molecule has 1 N–H and O–H groups in total. The molecule has 0 bridgehead atoms. The average molecular weight is 232 g/mol. The van der Waals surface area contributed by atoms with E-state index in [2.05, 4.69) is 6.92 Å². The van der Waals surface area contributed by atoms with Crippen molar-refractivity contribution in [3.05, 3.63) is 32.9 Å². The summed E-state index contributed by atoms with van der Waals surface area (Å²) in [5, 5.41) is 0.